The summed E-state index contributed by atoms with van der Waals surface area (Å²) in [6.07, 6.45) is 3.00. The second kappa shape index (κ2) is 8.89. The van der Waals surface area contributed by atoms with E-state index in [1.807, 2.05) is 13.8 Å². The number of hydrogen-bond donors (Lipinski definition) is 1. The lowest BCUT2D eigenvalue weighted by atomic mass is 10.2. The van der Waals surface area contributed by atoms with Crippen LogP contribution in [-0.2, 0) is 17.0 Å². The van der Waals surface area contributed by atoms with Gasteiger partial charge in [0.2, 0.25) is 16.0 Å². The van der Waals surface area contributed by atoms with Gasteiger partial charge in [-0.15, -0.1) is 10.2 Å². The highest BCUT2D eigenvalue weighted by Gasteiger charge is 2.13. The third kappa shape index (κ3) is 5.11. The Morgan fingerprint density at radius 2 is 2.15 bits per heavy atom. The standard InChI is InChI=1S/C16H20N6O2S3/c1-4-5-6-11-21-22-12(23)7-10(17-15(22)26-11)8-25-16-20-19-14(27-16)18-13(24)9(2)3/h7,9H,4-6,8H2,1-3H3,(H,18,19,24). The first-order valence-corrected chi connectivity index (χ1v) is 11.2. The maximum absolute atomic E-state index is 12.3. The Hall–Kier alpha value is -1.85. The molecule has 3 rings (SSSR count). The fourth-order valence-electron chi connectivity index (χ4n) is 2.10. The van der Waals surface area contributed by atoms with Crippen molar-refractivity contribution in [2.75, 3.05) is 5.32 Å². The van der Waals surface area contributed by atoms with Crippen molar-refractivity contribution in [3.8, 4) is 0 Å². The molecule has 0 spiro atoms. The summed E-state index contributed by atoms with van der Waals surface area (Å²) in [6, 6.07) is 1.51. The minimum absolute atomic E-state index is 0.0908. The number of nitrogens with one attached hydrogen (secondary N) is 1. The lowest BCUT2D eigenvalue weighted by Gasteiger charge is -2.02. The van der Waals surface area contributed by atoms with E-state index in [0.717, 1.165) is 24.3 Å². The molecule has 0 atom stereocenters. The van der Waals surface area contributed by atoms with Crippen LogP contribution in [0.3, 0.4) is 0 Å². The van der Waals surface area contributed by atoms with E-state index in [1.54, 1.807) is 0 Å². The number of unbranched alkanes of at least 4 members (excludes halogenated alkanes) is 1. The van der Waals surface area contributed by atoms with Crippen molar-refractivity contribution in [1.29, 1.82) is 0 Å². The summed E-state index contributed by atoms with van der Waals surface area (Å²) in [4.78, 5) is 29.1. The molecule has 8 nitrogen and oxygen atoms in total. The summed E-state index contributed by atoms with van der Waals surface area (Å²) in [7, 11) is 0. The molecule has 3 heterocycles. The minimum Gasteiger partial charge on any atom is -0.300 e. The molecule has 0 unspecified atom stereocenters. The second-order valence-corrected chi connectivity index (χ2v) is 9.43. The van der Waals surface area contributed by atoms with Crippen LogP contribution in [0.25, 0.3) is 4.96 Å². The Kier molecular flexibility index (Phi) is 6.55. The first-order chi connectivity index (χ1) is 13.0. The molecule has 11 heteroatoms. The second-order valence-electron chi connectivity index (χ2n) is 6.19. The number of aromatic nitrogens is 5. The Morgan fingerprint density at radius 1 is 1.33 bits per heavy atom. The van der Waals surface area contributed by atoms with E-state index in [4.69, 9.17) is 0 Å². The van der Waals surface area contributed by atoms with Crippen molar-refractivity contribution in [2.45, 2.75) is 50.1 Å². The molecule has 0 aliphatic rings. The van der Waals surface area contributed by atoms with Crippen LogP contribution >= 0.6 is 34.4 Å². The largest absolute Gasteiger partial charge is 0.300 e. The highest BCUT2D eigenvalue weighted by molar-refractivity contribution is 8.00. The Labute approximate surface area is 168 Å². The molecular weight excluding hydrogens is 404 g/mol. The van der Waals surface area contributed by atoms with E-state index >= 15 is 0 Å². The average molecular weight is 425 g/mol. The topological polar surface area (TPSA) is 102 Å². The zero-order valence-corrected chi connectivity index (χ0v) is 17.7. The average Bonchev–Trinajstić information content (AvgIpc) is 3.24. The maximum atomic E-state index is 12.3. The molecule has 0 aromatic carbocycles. The van der Waals surface area contributed by atoms with E-state index in [0.29, 0.717) is 25.9 Å². The Balaban J connectivity index is 1.67. The molecule has 0 bridgehead atoms. The maximum Gasteiger partial charge on any atom is 0.275 e. The first-order valence-electron chi connectivity index (χ1n) is 8.62. The van der Waals surface area contributed by atoms with Gasteiger partial charge in [0.25, 0.3) is 5.56 Å². The summed E-state index contributed by atoms with van der Waals surface area (Å²) in [5, 5.41) is 16.5. The zero-order chi connectivity index (χ0) is 19.4. The molecular formula is C16H20N6O2S3. The van der Waals surface area contributed by atoms with Crippen LogP contribution in [-0.4, -0.2) is 30.7 Å². The van der Waals surface area contributed by atoms with Crippen LogP contribution in [0.2, 0.25) is 0 Å². The number of hydrogen-bond acceptors (Lipinski definition) is 9. The quantitative estimate of drug-likeness (QED) is 0.437. The number of nitrogens with zero attached hydrogens (tertiary/aromatic N) is 5. The molecule has 0 radical (unpaired) electrons. The monoisotopic (exact) mass is 424 g/mol. The molecule has 0 aliphatic carbocycles. The van der Waals surface area contributed by atoms with E-state index < -0.39 is 0 Å². The van der Waals surface area contributed by atoms with Crippen LogP contribution in [0.1, 0.15) is 44.3 Å². The fourth-order valence-corrected chi connectivity index (χ4v) is 4.71. The van der Waals surface area contributed by atoms with E-state index in [1.165, 1.54) is 45.0 Å². The van der Waals surface area contributed by atoms with Crippen molar-refractivity contribution >= 4 is 50.4 Å². The van der Waals surface area contributed by atoms with Crippen molar-refractivity contribution < 1.29 is 4.79 Å². The molecule has 0 aliphatic heterocycles. The minimum atomic E-state index is -0.170. The number of carbonyl (C=O) groups excluding carboxylic acids is 1. The van der Waals surface area contributed by atoms with Gasteiger partial charge in [0.15, 0.2) is 4.34 Å². The van der Waals surface area contributed by atoms with Gasteiger partial charge < -0.3 is 5.32 Å². The molecule has 27 heavy (non-hydrogen) atoms. The predicted molar refractivity (Wildman–Crippen MR) is 109 cm³/mol. The van der Waals surface area contributed by atoms with Gasteiger partial charge in [-0.05, 0) is 6.42 Å². The Bertz CT molecular complexity index is 994. The van der Waals surface area contributed by atoms with Crippen molar-refractivity contribution in [3.63, 3.8) is 0 Å². The number of anilines is 1. The molecule has 3 aromatic heterocycles. The number of carbonyl (C=O) groups is 1. The molecule has 0 saturated heterocycles. The van der Waals surface area contributed by atoms with Crippen LogP contribution < -0.4 is 10.9 Å². The van der Waals surface area contributed by atoms with Crippen molar-refractivity contribution in [1.82, 2.24) is 24.8 Å². The lowest BCUT2D eigenvalue weighted by Crippen LogP contribution is -2.17. The molecule has 1 amide bonds. The van der Waals surface area contributed by atoms with Gasteiger partial charge in [-0.2, -0.15) is 9.61 Å². The van der Waals surface area contributed by atoms with Gasteiger partial charge in [-0.1, -0.05) is 61.6 Å². The Morgan fingerprint density at radius 3 is 2.89 bits per heavy atom. The van der Waals surface area contributed by atoms with Gasteiger partial charge in [0.1, 0.15) is 5.01 Å². The summed E-state index contributed by atoms with van der Waals surface area (Å²) in [6.45, 7) is 5.76. The number of thioether (sulfide) groups is 1. The molecule has 0 fully saturated rings. The number of aryl methyl sites for hydroxylation is 1. The molecule has 0 saturated carbocycles. The van der Waals surface area contributed by atoms with E-state index in [-0.39, 0.29) is 17.4 Å². The number of rotatable bonds is 8. The summed E-state index contributed by atoms with van der Waals surface area (Å²) >= 11 is 4.20. The fraction of sp³-hybridized carbons (Fsp3) is 0.500. The third-order valence-corrected chi connectivity index (χ3v) is 6.56. The molecule has 144 valence electrons. The highest BCUT2D eigenvalue weighted by Crippen LogP contribution is 2.28. The zero-order valence-electron chi connectivity index (χ0n) is 15.3. The summed E-state index contributed by atoms with van der Waals surface area (Å²) in [5.41, 5.74) is 0.510. The van der Waals surface area contributed by atoms with Crippen LogP contribution in [0.5, 0.6) is 0 Å². The number of amides is 1. The van der Waals surface area contributed by atoms with Crippen molar-refractivity contribution in [3.05, 3.63) is 27.1 Å². The van der Waals surface area contributed by atoms with Crippen LogP contribution in [0.4, 0.5) is 5.13 Å². The highest BCUT2D eigenvalue weighted by atomic mass is 32.2. The normalized spacial score (nSPS) is 11.4. The van der Waals surface area contributed by atoms with Crippen molar-refractivity contribution in [2.24, 2.45) is 5.92 Å². The van der Waals surface area contributed by atoms with Gasteiger partial charge in [-0.3, -0.25) is 9.59 Å². The van der Waals surface area contributed by atoms with Gasteiger partial charge >= 0.3 is 0 Å². The third-order valence-electron chi connectivity index (χ3n) is 3.59. The predicted octanol–water partition coefficient (Wildman–Crippen LogP) is 3.23. The molecule has 1 N–H and O–H groups in total. The van der Waals surface area contributed by atoms with Gasteiger partial charge in [-0.25, -0.2) is 4.98 Å². The first kappa shape index (κ1) is 19.9. The van der Waals surface area contributed by atoms with Gasteiger partial charge in [0, 0.05) is 24.2 Å². The van der Waals surface area contributed by atoms with E-state index in [9.17, 15) is 9.59 Å². The number of fused-ring (bicyclic) bond motifs is 1. The summed E-state index contributed by atoms with van der Waals surface area (Å²) in [5.74, 6) is 0.295. The van der Waals surface area contributed by atoms with E-state index in [2.05, 4.69) is 32.5 Å². The SMILES string of the molecule is CCCCc1nn2c(=O)cc(CSc3nnc(NC(=O)C(C)C)s3)nc2s1. The van der Waals surface area contributed by atoms with Crippen LogP contribution in [0, 0.1) is 5.92 Å². The summed E-state index contributed by atoms with van der Waals surface area (Å²) < 4.78 is 2.08. The lowest BCUT2D eigenvalue weighted by molar-refractivity contribution is -0.118. The van der Waals surface area contributed by atoms with Gasteiger partial charge in [0.05, 0.1) is 5.69 Å². The van der Waals surface area contributed by atoms with Crippen LogP contribution in [0.15, 0.2) is 15.2 Å². The molecule has 3 aromatic rings. The smallest absolute Gasteiger partial charge is 0.275 e.